The highest BCUT2D eigenvalue weighted by atomic mass is 16.4. The summed E-state index contributed by atoms with van der Waals surface area (Å²) in [4.78, 5) is 42.5. The third-order valence-corrected chi connectivity index (χ3v) is 3.44. The zero-order chi connectivity index (χ0) is 15.5. The number of amides is 2. The van der Waals surface area contributed by atoms with E-state index in [9.17, 15) is 14.4 Å². The van der Waals surface area contributed by atoms with Crippen molar-refractivity contribution in [3.63, 3.8) is 0 Å². The number of hydrogen-bond acceptors (Lipinski definition) is 5. The maximum Gasteiger partial charge on any atom is 0.416 e. The Bertz CT molecular complexity index is 731. The molecule has 3 rings (SSSR count). The van der Waals surface area contributed by atoms with Gasteiger partial charge in [0.2, 0.25) is 0 Å². The number of likely N-dealkylation sites (tertiary alicyclic amines) is 1. The molecule has 2 aromatic rings. The average molecular weight is 302 g/mol. The maximum absolute atomic E-state index is 12.1. The molecule has 0 aliphatic carbocycles. The van der Waals surface area contributed by atoms with Gasteiger partial charge in [-0.3, -0.25) is 19.6 Å². The molecule has 0 radical (unpaired) electrons. The first-order valence-corrected chi connectivity index (χ1v) is 6.80. The van der Waals surface area contributed by atoms with Gasteiger partial charge in [0.15, 0.2) is 0 Å². The Morgan fingerprint density at radius 2 is 2.23 bits per heavy atom. The first-order valence-electron chi connectivity index (χ1n) is 6.80. The number of carbonyl (C=O) groups excluding carboxylic acids is 2. The highest BCUT2D eigenvalue weighted by Crippen LogP contribution is 2.17. The van der Waals surface area contributed by atoms with Crippen LogP contribution in [0.25, 0.3) is 0 Å². The van der Waals surface area contributed by atoms with E-state index in [0.717, 1.165) is 6.26 Å². The van der Waals surface area contributed by atoms with Gasteiger partial charge in [-0.05, 0) is 12.1 Å². The molecule has 0 spiro atoms. The lowest BCUT2D eigenvalue weighted by atomic mass is 9.99. The molecule has 0 bridgehead atoms. The molecule has 8 nitrogen and oxygen atoms in total. The minimum absolute atomic E-state index is 0.0886. The van der Waals surface area contributed by atoms with Gasteiger partial charge in [0.1, 0.15) is 17.7 Å². The van der Waals surface area contributed by atoms with Gasteiger partial charge in [0.05, 0.1) is 0 Å². The first kappa shape index (κ1) is 14.1. The van der Waals surface area contributed by atoms with E-state index in [0.29, 0.717) is 25.3 Å². The molecule has 8 heteroatoms. The van der Waals surface area contributed by atoms with E-state index in [4.69, 9.17) is 0 Å². The third kappa shape index (κ3) is 2.90. The minimum Gasteiger partial charge on any atom is -0.416 e. The van der Waals surface area contributed by atoms with Crippen LogP contribution in [0.3, 0.4) is 0 Å². The van der Waals surface area contributed by atoms with E-state index in [2.05, 4.69) is 19.7 Å². The van der Waals surface area contributed by atoms with Gasteiger partial charge in [0.25, 0.3) is 11.8 Å². The van der Waals surface area contributed by atoms with Gasteiger partial charge in [-0.25, -0.2) is 4.79 Å². The van der Waals surface area contributed by atoms with Crippen LogP contribution in [-0.2, 0) is 0 Å². The maximum atomic E-state index is 12.1. The molecule has 2 amide bonds. The summed E-state index contributed by atoms with van der Waals surface area (Å²) >= 11 is 0. The molecule has 1 fully saturated rings. The summed E-state index contributed by atoms with van der Waals surface area (Å²) in [6, 6.07) is 5.20. The summed E-state index contributed by atoms with van der Waals surface area (Å²) in [6.07, 6.45) is 2.66. The predicted octanol–water partition coefficient (Wildman–Crippen LogP) is -0.135. The SMILES string of the molecule is O=C(NCC1CN(C(=O)c2ccccn2)C1)c1coc(=O)[nH]1. The molecular weight excluding hydrogens is 288 g/mol. The Balaban J connectivity index is 1.45. The van der Waals surface area contributed by atoms with Crippen molar-refractivity contribution in [2.24, 2.45) is 5.92 Å². The van der Waals surface area contributed by atoms with Gasteiger partial charge in [-0.1, -0.05) is 6.07 Å². The Labute approximate surface area is 125 Å². The molecule has 3 heterocycles. The molecule has 1 saturated heterocycles. The van der Waals surface area contributed by atoms with E-state index < -0.39 is 11.7 Å². The molecule has 0 unspecified atom stereocenters. The van der Waals surface area contributed by atoms with Gasteiger partial charge in [-0.2, -0.15) is 0 Å². The van der Waals surface area contributed by atoms with Crippen LogP contribution in [0.4, 0.5) is 0 Å². The van der Waals surface area contributed by atoms with Crippen LogP contribution in [-0.4, -0.2) is 46.3 Å². The van der Waals surface area contributed by atoms with Crippen molar-refractivity contribution in [2.45, 2.75) is 0 Å². The van der Waals surface area contributed by atoms with Crippen LogP contribution >= 0.6 is 0 Å². The Morgan fingerprint density at radius 3 is 2.86 bits per heavy atom. The second kappa shape index (κ2) is 5.84. The van der Waals surface area contributed by atoms with E-state index in [1.54, 1.807) is 29.3 Å². The quantitative estimate of drug-likeness (QED) is 0.817. The highest BCUT2D eigenvalue weighted by molar-refractivity contribution is 5.93. The lowest BCUT2D eigenvalue weighted by Gasteiger charge is -2.39. The minimum atomic E-state index is -0.666. The van der Waals surface area contributed by atoms with Crippen LogP contribution < -0.4 is 11.1 Å². The van der Waals surface area contributed by atoms with Crippen LogP contribution in [0.2, 0.25) is 0 Å². The number of carbonyl (C=O) groups is 2. The largest absolute Gasteiger partial charge is 0.416 e. The van der Waals surface area contributed by atoms with Gasteiger partial charge in [-0.15, -0.1) is 0 Å². The van der Waals surface area contributed by atoms with Crippen LogP contribution in [0.15, 0.2) is 39.9 Å². The molecule has 0 saturated carbocycles. The topological polar surface area (TPSA) is 108 Å². The molecule has 1 aliphatic heterocycles. The highest BCUT2D eigenvalue weighted by Gasteiger charge is 2.31. The lowest BCUT2D eigenvalue weighted by Crippen LogP contribution is -2.53. The van der Waals surface area contributed by atoms with E-state index in [1.165, 1.54) is 0 Å². The van der Waals surface area contributed by atoms with Crippen molar-refractivity contribution >= 4 is 11.8 Å². The zero-order valence-corrected chi connectivity index (χ0v) is 11.6. The number of aromatic amines is 1. The Hall–Kier alpha value is -2.90. The second-order valence-electron chi connectivity index (χ2n) is 5.06. The van der Waals surface area contributed by atoms with E-state index in [1.807, 2.05) is 0 Å². The van der Waals surface area contributed by atoms with E-state index in [-0.39, 0.29) is 17.5 Å². The van der Waals surface area contributed by atoms with Gasteiger partial charge >= 0.3 is 5.76 Å². The number of H-pyrrole nitrogens is 1. The molecule has 2 N–H and O–H groups in total. The Morgan fingerprint density at radius 1 is 1.41 bits per heavy atom. The second-order valence-corrected chi connectivity index (χ2v) is 5.06. The van der Waals surface area contributed by atoms with Crippen LogP contribution in [0, 0.1) is 5.92 Å². The van der Waals surface area contributed by atoms with Crippen LogP contribution in [0.1, 0.15) is 21.0 Å². The normalized spacial score (nSPS) is 14.5. The van der Waals surface area contributed by atoms with Crippen molar-refractivity contribution < 1.29 is 14.0 Å². The van der Waals surface area contributed by atoms with E-state index >= 15 is 0 Å². The summed E-state index contributed by atoms with van der Waals surface area (Å²) in [7, 11) is 0. The summed E-state index contributed by atoms with van der Waals surface area (Å²) in [6.45, 7) is 1.56. The summed E-state index contributed by atoms with van der Waals surface area (Å²) < 4.78 is 4.50. The smallest absolute Gasteiger partial charge is 0.416 e. The van der Waals surface area contributed by atoms with Crippen molar-refractivity contribution in [3.8, 4) is 0 Å². The zero-order valence-electron chi connectivity index (χ0n) is 11.6. The standard InChI is InChI=1S/C14H14N4O4/c19-12(11-8-22-14(21)17-11)16-5-9-6-18(7-9)13(20)10-3-1-2-4-15-10/h1-4,8-9H,5-7H2,(H,16,19)(H,17,21). The number of hydrogen-bond donors (Lipinski definition) is 2. The summed E-state index contributed by atoms with van der Waals surface area (Å²) in [5, 5.41) is 2.69. The summed E-state index contributed by atoms with van der Waals surface area (Å²) in [5.74, 6) is -0.987. The van der Waals surface area contributed by atoms with Crippen molar-refractivity contribution in [3.05, 3.63) is 52.6 Å². The van der Waals surface area contributed by atoms with Gasteiger partial charge in [0, 0.05) is 31.7 Å². The third-order valence-electron chi connectivity index (χ3n) is 3.44. The number of nitrogens with one attached hydrogen (secondary N) is 2. The first-order chi connectivity index (χ1) is 10.6. The number of nitrogens with zero attached hydrogens (tertiary/aromatic N) is 2. The van der Waals surface area contributed by atoms with Crippen molar-refractivity contribution in [2.75, 3.05) is 19.6 Å². The fourth-order valence-corrected chi connectivity index (χ4v) is 2.24. The molecule has 22 heavy (non-hydrogen) atoms. The Kier molecular flexibility index (Phi) is 3.73. The number of rotatable bonds is 4. The predicted molar refractivity (Wildman–Crippen MR) is 75.3 cm³/mol. The average Bonchev–Trinajstić information content (AvgIpc) is 2.92. The molecule has 0 aromatic carbocycles. The summed E-state index contributed by atoms with van der Waals surface area (Å²) in [5.41, 5.74) is 0.506. The number of pyridine rings is 1. The molecule has 2 aromatic heterocycles. The fourth-order valence-electron chi connectivity index (χ4n) is 2.24. The van der Waals surface area contributed by atoms with Crippen molar-refractivity contribution in [1.29, 1.82) is 0 Å². The number of aromatic nitrogens is 2. The number of oxazole rings is 1. The molecule has 1 aliphatic rings. The lowest BCUT2D eigenvalue weighted by molar-refractivity contribution is 0.0492. The van der Waals surface area contributed by atoms with Gasteiger partial charge < -0.3 is 14.6 Å². The molecular formula is C14H14N4O4. The fraction of sp³-hybridized carbons (Fsp3) is 0.286. The molecule has 114 valence electrons. The molecule has 0 atom stereocenters. The monoisotopic (exact) mass is 302 g/mol. The van der Waals surface area contributed by atoms with Crippen LogP contribution in [0.5, 0.6) is 0 Å². The van der Waals surface area contributed by atoms with Crippen molar-refractivity contribution in [1.82, 2.24) is 20.2 Å².